The molecule has 0 radical (unpaired) electrons. The lowest BCUT2D eigenvalue weighted by Gasteiger charge is -2.28. The Bertz CT molecular complexity index is 142. The summed E-state index contributed by atoms with van der Waals surface area (Å²) in [6, 6.07) is 0.390. The molecule has 1 heterocycles. The van der Waals surface area contributed by atoms with Crippen molar-refractivity contribution in [3.8, 4) is 0 Å². The number of halogens is 1. The first kappa shape index (κ1) is 9.30. The maximum atomic E-state index is 6.09. The van der Waals surface area contributed by atoms with Crippen LogP contribution in [0, 0.1) is 0 Å². The van der Waals surface area contributed by atoms with Crippen LogP contribution in [0.5, 0.6) is 0 Å². The van der Waals surface area contributed by atoms with Gasteiger partial charge in [0.25, 0.3) is 0 Å². The summed E-state index contributed by atoms with van der Waals surface area (Å²) >= 11 is 6.09. The standard InChI is InChI=1S/C8H16ClNO/c1-4-7-6-11-8(3,5-2)10(7)9/h7H,4-6H2,1-3H3. The first-order chi connectivity index (χ1) is 5.14. The molecular weight excluding hydrogens is 162 g/mol. The third-order valence-electron chi connectivity index (χ3n) is 2.49. The van der Waals surface area contributed by atoms with Crippen molar-refractivity contribution in [3.63, 3.8) is 0 Å². The van der Waals surface area contributed by atoms with Crippen LogP contribution in [-0.2, 0) is 4.74 Å². The molecule has 0 spiro atoms. The molecule has 2 unspecified atom stereocenters. The van der Waals surface area contributed by atoms with Crippen LogP contribution in [0.2, 0.25) is 0 Å². The summed E-state index contributed by atoms with van der Waals surface area (Å²) < 4.78 is 7.43. The van der Waals surface area contributed by atoms with Crippen LogP contribution in [0.4, 0.5) is 0 Å². The van der Waals surface area contributed by atoms with Gasteiger partial charge in [-0.15, -0.1) is 0 Å². The lowest BCUT2D eigenvalue weighted by atomic mass is 10.2. The van der Waals surface area contributed by atoms with Gasteiger partial charge in [0.1, 0.15) is 5.72 Å². The van der Waals surface area contributed by atoms with E-state index in [0.717, 1.165) is 19.4 Å². The molecule has 0 aliphatic carbocycles. The summed E-state index contributed by atoms with van der Waals surface area (Å²) in [5.41, 5.74) is -0.234. The Morgan fingerprint density at radius 3 is 2.55 bits per heavy atom. The van der Waals surface area contributed by atoms with E-state index in [-0.39, 0.29) is 5.72 Å². The molecule has 0 aromatic heterocycles. The van der Waals surface area contributed by atoms with Gasteiger partial charge in [0, 0.05) is 0 Å². The predicted octanol–water partition coefficient (Wildman–Crippen LogP) is 2.38. The molecule has 0 saturated carbocycles. The zero-order valence-corrected chi connectivity index (χ0v) is 8.19. The van der Waals surface area contributed by atoms with E-state index in [4.69, 9.17) is 16.5 Å². The Hall–Kier alpha value is 0.210. The van der Waals surface area contributed by atoms with Crippen LogP contribution in [-0.4, -0.2) is 22.8 Å². The van der Waals surface area contributed by atoms with Gasteiger partial charge in [-0.3, -0.25) is 0 Å². The van der Waals surface area contributed by atoms with Gasteiger partial charge >= 0.3 is 0 Å². The second kappa shape index (κ2) is 3.30. The van der Waals surface area contributed by atoms with Crippen LogP contribution in [0.3, 0.4) is 0 Å². The molecule has 0 bridgehead atoms. The highest BCUT2D eigenvalue weighted by Gasteiger charge is 2.41. The highest BCUT2D eigenvalue weighted by atomic mass is 35.5. The Balaban J connectivity index is 2.61. The molecule has 1 fully saturated rings. The van der Waals surface area contributed by atoms with Gasteiger partial charge in [-0.2, -0.15) is 4.42 Å². The van der Waals surface area contributed by atoms with Gasteiger partial charge in [-0.1, -0.05) is 13.8 Å². The Morgan fingerprint density at radius 1 is 1.64 bits per heavy atom. The van der Waals surface area contributed by atoms with E-state index in [9.17, 15) is 0 Å². The lowest BCUT2D eigenvalue weighted by molar-refractivity contribution is -0.0355. The van der Waals surface area contributed by atoms with Crippen molar-refractivity contribution in [2.45, 2.75) is 45.4 Å². The minimum absolute atomic E-state index is 0.234. The molecule has 0 aromatic carbocycles. The Labute approximate surface area is 73.6 Å². The minimum Gasteiger partial charge on any atom is -0.358 e. The van der Waals surface area contributed by atoms with Crippen LogP contribution in [0.15, 0.2) is 0 Å². The van der Waals surface area contributed by atoms with Gasteiger partial charge in [0.2, 0.25) is 0 Å². The van der Waals surface area contributed by atoms with Crippen molar-refractivity contribution in [2.24, 2.45) is 0 Å². The SMILES string of the molecule is CCC1COC(C)(CC)N1Cl. The second-order valence-corrected chi connectivity index (χ2v) is 3.58. The third-order valence-corrected chi connectivity index (χ3v) is 3.12. The highest BCUT2D eigenvalue weighted by molar-refractivity contribution is 6.14. The van der Waals surface area contributed by atoms with E-state index in [0.29, 0.717) is 6.04 Å². The summed E-state index contributed by atoms with van der Waals surface area (Å²) in [6.45, 7) is 7.03. The summed E-state index contributed by atoms with van der Waals surface area (Å²) in [5.74, 6) is 0. The molecule has 2 atom stereocenters. The van der Waals surface area contributed by atoms with Gasteiger partial charge in [0.05, 0.1) is 12.6 Å². The normalized spacial score (nSPS) is 39.8. The van der Waals surface area contributed by atoms with Crippen LogP contribution < -0.4 is 0 Å². The summed E-state index contributed by atoms with van der Waals surface area (Å²) in [5, 5.41) is 0. The average molecular weight is 178 g/mol. The number of hydrogen-bond acceptors (Lipinski definition) is 2. The van der Waals surface area contributed by atoms with Crippen molar-refractivity contribution in [2.75, 3.05) is 6.61 Å². The fourth-order valence-corrected chi connectivity index (χ4v) is 1.68. The Morgan fingerprint density at radius 2 is 2.27 bits per heavy atom. The number of ether oxygens (including phenoxy) is 1. The van der Waals surface area contributed by atoms with E-state index < -0.39 is 0 Å². The largest absolute Gasteiger partial charge is 0.358 e. The van der Waals surface area contributed by atoms with E-state index in [1.54, 1.807) is 0 Å². The molecule has 0 amide bonds. The summed E-state index contributed by atoms with van der Waals surface area (Å²) in [6.07, 6.45) is 1.99. The molecule has 1 rings (SSSR count). The molecule has 2 nitrogen and oxygen atoms in total. The average Bonchev–Trinajstić information content (AvgIpc) is 2.31. The third kappa shape index (κ3) is 1.53. The van der Waals surface area contributed by atoms with E-state index >= 15 is 0 Å². The number of rotatable bonds is 2. The quantitative estimate of drug-likeness (QED) is 0.601. The molecule has 0 aromatic rings. The molecule has 0 N–H and O–H groups in total. The van der Waals surface area contributed by atoms with Gasteiger partial charge in [0.15, 0.2) is 0 Å². The Kier molecular flexibility index (Phi) is 2.79. The molecule has 3 heteroatoms. The van der Waals surface area contributed by atoms with Gasteiger partial charge < -0.3 is 4.74 Å². The molecule has 1 aliphatic rings. The molecule has 11 heavy (non-hydrogen) atoms. The zero-order chi connectivity index (χ0) is 8.48. The zero-order valence-electron chi connectivity index (χ0n) is 7.43. The van der Waals surface area contributed by atoms with Crippen molar-refractivity contribution in [3.05, 3.63) is 0 Å². The summed E-state index contributed by atoms with van der Waals surface area (Å²) in [7, 11) is 0. The van der Waals surface area contributed by atoms with E-state index in [1.807, 2.05) is 11.3 Å². The maximum Gasteiger partial charge on any atom is 0.132 e. The van der Waals surface area contributed by atoms with Crippen LogP contribution in [0.1, 0.15) is 33.6 Å². The van der Waals surface area contributed by atoms with Crippen molar-refractivity contribution < 1.29 is 4.74 Å². The smallest absolute Gasteiger partial charge is 0.132 e. The monoisotopic (exact) mass is 177 g/mol. The van der Waals surface area contributed by atoms with Crippen molar-refractivity contribution >= 4 is 11.8 Å². The lowest BCUT2D eigenvalue weighted by Crippen LogP contribution is -2.38. The van der Waals surface area contributed by atoms with Gasteiger partial charge in [-0.05, 0) is 31.5 Å². The van der Waals surface area contributed by atoms with Crippen molar-refractivity contribution in [1.29, 1.82) is 0 Å². The topological polar surface area (TPSA) is 12.5 Å². The number of nitrogens with zero attached hydrogens (tertiary/aromatic N) is 1. The second-order valence-electron chi connectivity index (χ2n) is 3.21. The highest BCUT2D eigenvalue weighted by Crippen LogP contribution is 2.33. The first-order valence-corrected chi connectivity index (χ1v) is 4.57. The summed E-state index contributed by atoms with van der Waals surface area (Å²) in [4.78, 5) is 0. The first-order valence-electron chi connectivity index (χ1n) is 4.23. The molecule has 66 valence electrons. The fraction of sp³-hybridized carbons (Fsp3) is 1.00. The molecular formula is C8H16ClNO. The molecule has 1 aliphatic heterocycles. The molecule has 1 saturated heterocycles. The van der Waals surface area contributed by atoms with Crippen LogP contribution >= 0.6 is 11.8 Å². The van der Waals surface area contributed by atoms with Crippen LogP contribution in [0.25, 0.3) is 0 Å². The predicted molar refractivity (Wildman–Crippen MR) is 46.4 cm³/mol. The fourth-order valence-electron chi connectivity index (χ4n) is 1.32. The van der Waals surface area contributed by atoms with Crippen molar-refractivity contribution in [1.82, 2.24) is 4.42 Å². The van der Waals surface area contributed by atoms with Gasteiger partial charge in [-0.25, -0.2) is 0 Å². The minimum atomic E-state index is -0.234. The maximum absolute atomic E-state index is 6.09. The van der Waals surface area contributed by atoms with E-state index in [2.05, 4.69) is 13.8 Å². The van der Waals surface area contributed by atoms with E-state index in [1.165, 1.54) is 0 Å². The number of hydrogen-bond donors (Lipinski definition) is 0.